The molecule has 7 nitrogen and oxygen atoms in total. The second-order valence-corrected chi connectivity index (χ2v) is 6.06. The van der Waals surface area contributed by atoms with Crippen LogP contribution in [-0.4, -0.2) is 47.5 Å². The van der Waals surface area contributed by atoms with Gasteiger partial charge in [0, 0.05) is 24.9 Å². The van der Waals surface area contributed by atoms with Gasteiger partial charge in [0.1, 0.15) is 17.2 Å². The average Bonchev–Trinajstić information content (AvgIpc) is 2.62. The van der Waals surface area contributed by atoms with Gasteiger partial charge < -0.3 is 15.2 Å². The predicted octanol–water partition coefficient (Wildman–Crippen LogP) is 1.94. The summed E-state index contributed by atoms with van der Waals surface area (Å²) in [5.41, 5.74) is 6.13. The van der Waals surface area contributed by atoms with Gasteiger partial charge in [0.25, 0.3) is 0 Å². The summed E-state index contributed by atoms with van der Waals surface area (Å²) >= 11 is 0. The number of piperidine rings is 1. The molecule has 1 unspecified atom stereocenters. The maximum Gasteiger partial charge on any atom is 0.241 e. The van der Waals surface area contributed by atoms with Crippen molar-refractivity contribution in [1.29, 1.82) is 0 Å². The molecule has 132 valence electrons. The van der Waals surface area contributed by atoms with Crippen LogP contribution < -0.4 is 15.2 Å². The normalized spacial score (nSPS) is 17.9. The highest BCUT2D eigenvalue weighted by molar-refractivity contribution is 5.75. The fourth-order valence-corrected chi connectivity index (χ4v) is 3.09. The van der Waals surface area contributed by atoms with E-state index in [0.29, 0.717) is 11.6 Å². The predicted molar refractivity (Wildman–Crippen MR) is 92.7 cm³/mol. The molecule has 1 saturated heterocycles. The van der Waals surface area contributed by atoms with E-state index in [2.05, 4.69) is 14.9 Å². The molecule has 0 bridgehead atoms. The minimum Gasteiger partial charge on any atom is -0.497 e. The van der Waals surface area contributed by atoms with Crippen LogP contribution in [0.25, 0.3) is 0 Å². The summed E-state index contributed by atoms with van der Waals surface area (Å²) in [6, 6.07) is 7.33. The number of nitrogens with zero attached hydrogens (tertiary/aromatic N) is 3. The number of hydrogen-bond acceptors (Lipinski definition) is 6. The monoisotopic (exact) mass is 342 g/mol. The molecule has 0 spiro atoms. The largest absolute Gasteiger partial charge is 0.497 e. The highest BCUT2D eigenvalue weighted by Crippen LogP contribution is 2.32. The molecule has 2 aromatic rings. The standard InChI is InChI=1S/C18H22N4O3/c1-24-14-4-6-15(7-5-14)25-18-17(20-8-9-21-18)13-3-2-10-22(11-13)12-16(19)23/h4-9,13H,2-3,10-12H2,1H3,(H2,19,23). The van der Waals surface area contributed by atoms with Crippen LogP contribution in [-0.2, 0) is 4.79 Å². The van der Waals surface area contributed by atoms with E-state index in [1.165, 1.54) is 0 Å². The van der Waals surface area contributed by atoms with Gasteiger partial charge in [0.2, 0.25) is 11.8 Å². The third-order valence-corrected chi connectivity index (χ3v) is 4.24. The Labute approximate surface area is 146 Å². The third-order valence-electron chi connectivity index (χ3n) is 4.24. The van der Waals surface area contributed by atoms with E-state index < -0.39 is 0 Å². The summed E-state index contributed by atoms with van der Waals surface area (Å²) in [4.78, 5) is 22.1. The molecule has 2 N–H and O–H groups in total. The number of benzene rings is 1. The van der Waals surface area contributed by atoms with Gasteiger partial charge in [-0.2, -0.15) is 0 Å². The first-order chi connectivity index (χ1) is 12.2. The maximum atomic E-state index is 11.2. The van der Waals surface area contributed by atoms with E-state index in [0.717, 1.165) is 37.4 Å². The lowest BCUT2D eigenvalue weighted by molar-refractivity contribution is -0.119. The number of ether oxygens (including phenoxy) is 2. The molecule has 2 heterocycles. The highest BCUT2D eigenvalue weighted by Gasteiger charge is 2.26. The van der Waals surface area contributed by atoms with Crippen LogP contribution in [0.2, 0.25) is 0 Å². The van der Waals surface area contributed by atoms with Crippen molar-refractivity contribution in [2.75, 3.05) is 26.7 Å². The minimum atomic E-state index is -0.311. The topological polar surface area (TPSA) is 90.6 Å². The number of nitrogens with two attached hydrogens (primary N) is 1. The molecule has 25 heavy (non-hydrogen) atoms. The first-order valence-electron chi connectivity index (χ1n) is 8.29. The molecule has 0 aliphatic carbocycles. The molecule has 1 amide bonds. The number of aromatic nitrogens is 2. The van der Waals surface area contributed by atoms with Crippen LogP contribution in [0.1, 0.15) is 24.5 Å². The van der Waals surface area contributed by atoms with Gasteiger partial charge in [-0.1, -0.05) is 0 Å². The van der Waals surface area contributed by atoms with Gasteiger partial charge >= 0.3 is 0 Å². The molecule has 1 fully saturated rings. The van der Waals surface area contributed by atoms with E-state index in [-0.39, 0.29) is 18.4 Å². The van der Waals surface area contributed by atoms with Crippen LogP contribution in [0.15, 0.2) is 36.7 Å². The van der Waals surface area contributed by atoms with E-state index in [1.807, 2.05) is 24.3 Å². The number of primary amides is 1. The molecule has 1 atom stereocenters. The molecule has 1 aliphatic heterocycles. The molecule has 1 aromatic heterocycles. The van der Waals surface area contributed by atoms with Gasteiger partial charge in [-0.25, -0.2) is 4.98 Å². The van der Waals surface area contributed by atoms with Gasteiger partial charge in [-0.15, -0.1) is 0 Å². The Morgan fingerprint density at radius 1 is 1.24 bits per heavy atom. The molecule has 0 radical (unpaired) electrons. The maximum absolute atomic E-state index is 11.2. The summed E-state index contributed by atoms with van der Waals surface area (Å²) in [5.74, 6) is 1.79. The fraction of sp³-hybridized carbons (Fsp3) is 0.389. The smallest absolute Gasteiger partial charge is 0.241 e. The zero-order valence-electron chi connectivity index (χ0n) is 14.2. The number of likely N-dealkylation sites (tertiary alicyclic amines) is 1. The lowest BCUT2D eigenvalue weighted by Gasteiger charge is -2.31. The number of rotatable bonds is 6. The Kier molecular flexibility index (Phi) is 5.45. The average molecular weight is 342 g/mol. The number of carbonyl (C=O) groups is 1. The van der Waals surface area contributed by atoms with E-state index >= 15 is 0 Å². The van der Waals surface area contributed by atoms with Crippen LogP contribution >= 0.6 is 0 Å². The number of methoxy groups -OCH3 is 1. The Bertz CT molecular complexity index is 721. The summed E-state index contributed by atoms with van der Waals surface area (Å²) in [7, 11) is 1.62. The summed E-state index contributed by atoms with van der Waals surface area (Å²) in [5, 5.41) is 0. The van der Waals surface area contributed by atoms with Crippen LogP contribution in [0.3, 0.4) is 0 Å². The molecular formula is C18H22N4O3. The minimum absolute atomic E-state index is 0.162. The summed E-state index contributed by atoms with van der Waals surface area (Å²) in [6.45, 7) is 1.86. The van der Waals surface area contributed by atoms with Crippen molar-refractivity contribution in [3.8, 4) is 17.4 Å². The van der Waals surface area contributed by atoms with Crippen molar-refractivity contribution in [3.63, 3.8) is 0 Å². The van der Waals surface area contributed by atoms with Crippen molar-refractivity contribution >= 4 is 5.91 Å². The quantitative estimate of drug-likeness (QED) is 0.863. The third kappa shape index (κ3) is 4.45. The highest BCUT2D eigenvalue weighted by atomic mass is 16.5. The first-order valence-corrected chi connectivity index (χ1v) is 8.29. The van der Waals surface area contributed by atoms with Crippen molar-refractivity contribution in [2.45, 2.75) is 18.8 Å². The molecule has 0 saturated carbocycles. The Morgan fingerprint density at radius 3 is 2.68 bits per heavy atom. The van der Waals surface area contributed by atoms with Crippen LogP contribution in [0, 0.1) is 0 Å². The van der Waals surface area contributed by atoms with E-state index in [4.69, 9.17) is 15.2 Å². The second-order valence-electron chi connectivity index (χ2n) is 6.06. The second kappa shape index (κ2) is 7.94. The van der Waals surface area contributed by atoms with Gasteiger partial charge in [-0.3, -0.25) is 14.7 Å². The zero-order chi connectivity index (χ0) is 17.6. The van der Waals surface area contributed by atoms with Crippen molar-refractivity contribution in [2.24, 2.45) is 5.73 Å². The zero-order valence-corrected chi connectivity index (χ0v) is 14.2. The lowest BCUT2D eigenvalue weighted by Crippen LogP contribution is -2.40. The lowest BCUT2D eigenvalue weighted by atomic mass is 9.94. The van der Waals surface area contributed by atoms with Gasteiger partial charge in [-0.05, 0) is 43.7 Å². The molecule has 7 heteroatoms. The Balaban J connectivity index is 1.76. The number of carbonyl (C=O) groups excluding carboxylic acids is 1. The van der Waals surface area contributed by atoms with E-state index in [1.54, 1.807) is 19.5 Å². The SMILES string of the molecule is COc1ccc(Oc2nccnc2C2CCCN(CC(N)=O)C2)cc1. The van der Waals surface area contributed by atoms with Crippen molar-refractivity contribution < 1.29 is 14.3 Å². The van der Waals surface area contributed by atoms with Crippen molar-refractivity contribution in [3.05, 3.63) is 42.4 Å². The molecule has 1 aromatic carbocycles. The van der Waals surface area contributed by atoms with Gasteiger partial charge in [0.05, 0.1) is 13.7 Å². The van der Waals surface area contributed by atoms with Crippen LogP contribution in [0.4, 0.5) is 0 Å². The summed E-state index contributed by atoms with van der Waals surface area (Å²) in [6.07, 6.45) is 5.25. The first kappa shape index (κ1) is 17.2. The number of amides is 1. The summed E-state index contributed by atoms with van der Waals surface area (Å²) < 4.78 is 11.1. The molecular weight excluding hydrogens is 320 g/mol. The molecule has 3 rings (SSSR count). The van der Waals surface area contributed by atoms with Gasteiger partial charge in [0.15, 0.2) is 0 Å². The van der Waals surface area contributed by atoms with E-state index in [9.17, 15) is 4.79 Å². The fourth-order valence-electron chi connectivity index (χ4n) is 3.09. The Morgan fingerprint density at radius 2 is 1.96 bits per heavy atom. The molecule has 1 aliphatic rings. The van der Waals surface area contributed by atoms with Crippen LogP contribution in [0.5, 0.6) is 17.4 Å². The Hall–Kier alpha value is -2.67. The number of hydrogen-bond donors (Lipinski definition) is 1. The van der Waals surface area contributed by atoms with Crippen molar-refractivity contribution in [1.82, 2.24) is 14.9 Å².